The summed E-state index contributed by atoms with van der Waals surface area (Å²) in [6, 6.07) is 12.1. The fourth-order valence-electron chi connectivity index (χ4n) is 2.60. The highest BCUT2D eigenvalue weighted by Gasteiger charge is 2.12. The molecule has 0 atom stereocenters. The van der Waals surface area contributed by atoms with E-state index in [4.69, 9.17) is 0 Å². The van der Waals surface area contributed by atoms with Crippen LogP contribution in [-0.2, 0) is 0 Å². The van der Waals surface area contributed by atoms with Gasteiger partial charge in [-0.1, -0.05) is 42.5 Å². The van der Waals surface area contributed by atoms with Crippen LogP contribution in [0.3, 0.4) is 0 Å². The second kappa shape index (κ2) is 4.25. The van der Waals surface area contributed by atoms with Crippen LogP contribution in [0, 0.1) is 0 Å². The molecule has 0 bridgehead atoms. The maximum atomic E-state index is 10.4. The summed E-state index contributed by atoms with van der Waals surface area (Å²) in [7, 11) is 0. The Morgan fingerprint density at radius 2 is 1.82 bits per heavy atom. The van der Waals surface area contributed by atoms with Crippen LogP contribution in [0.4, 0.5) is 0 Å². The van der Waals surface area contributed by atoms with Crippen molar-refractivity contribution in [1.29, 1.82) is 0 Å². The predicted molar refractivity (Wildman–Crippen MR) is 72.1 cm³/mol. The molecular weight excluding hydrogens is 208 g/mol. The molecule has 0 aromatic heterocycles. The molecule has 86 valence electrons. The van der Waals surface area contributed by atoms with Crippen LogP contribution in [0.1, 0.15) is 31.2 Å². The van der Waals surface area contributed by atoms with E-state index in [1.807, 2.05) is 24.3 Å². The average molecular weight is 224 g/mol. The predicted octanol–water partition coefficient (Wildman–Crippen LogP) is 4.50. The van der Waals surface area contributed by atoms with Gasteiger partial charge in [0.15, 0.2) is 0 Å². The number of aromatic hydroxyl groups is 1. The molecule has 1 nitrogen and oxygen atoms in total. The van der Waals surface area contributed by atoms with Gasteiger partial charge in [-0.15, -0.1) is 0 Å². The second-order valence-electron chi connectivity index (χ2n) is 4.66. The summed E-state index contributed by atoms with van der Waals surface area (Å²) in [5.74, 6) is 0.441. The van der Waals surface area contributed by atoms with Crippen molar-refractivity contribution in [2.45, 2.75) is 25.7 Å². The van der Waals surface area contributed by atoms with Crippen molar-refractivity contribution < 1.29 is 5.11 Å². The van der Waals surface area contributed by atoms with Gasteiger partial charge >= 0.3 is 0 Å². The molecule has 2 aromatic carbocycles. The summed E-state index contributed by atoms with van der Waals surface area (Å²) < 4.78 is 0. The van der Waals surface area contributed by atoms with Crippen LogP contribution >= 0.6 is 0 Å². The monoisotopic (exact) mass is 224 g/mol. The lowest BCUT2D eigenvalue weighted by atomic mass is 9.91. The highest BCUT2D eigenvalue weighted by Crippen LogP contribution is 2.36. The number of fused-ring (bicyclic) bond motifs is 1. The minimum atomic E-state index is 0.441. The van der Waals surface area contributed by atoms with E-state index in [1.54, 1.807) is 0 Å². The number of phenolic OH excluding ortho intramolecular Hbond substituents is 1. The molecule has 0 heterocycles. The van der Waals surface area contributed by atoms with Crippen molar-refractivity contribution in [3.63, 3.8) is 0 Å². The van der Waals surface area contributed by atoms with Gasteiger partial charge in [-0.2, -0.15) is 0 Å². The molecule has 0 amide bonds. The standard InChI is InChI=1S/C16H16O/c17-16-14-9-5-4-8-13(14)10-11-15(16)12-6-2-1-3-7-12/h4-6,8-11,17H,1-3,7H2. The normalized spacial score (nSPS) is 15.9. The van der Waals surface area contributed by atoms with Crippen LogP contribution < -0.4 is 0 Å². The van der Waals surface area contributed by atoms with Crippen LogP contribution in [-0.4, -0.2) is 5.11 Å². The zero-order valence-electron chi connectivity index (χ0n) is 9.82. The molecule has 17 heavy (non-hydrogen) atoms. The Hall–Kier alpha value is -1.76. The zero-order chi connectivity index (χ0) is 11.7. The Bertz CT molecular complexity index is 581. The van der Waals surface area contributed by atoms with Crippen molar-refractivity contribution in [2.24, 2.45) is 0 Å². The fraction of sp³-hybridized carbons (Fsp3) is 0.250. The Morgan fingerprint density at radius 1 is 0.941 bits per heavy atom. The molecule has 0 saturated heterocycles. The number of hydrogen-bond donors (Lipinski definition) is 1. The first-order valence-corrected chi connectivity index (χ1v) is 6.26. The van der Waals surface area contributed by atoms with Gasteiger partial charge in [-0.25, -0.2) is 0 Å². The minimum Gasteiger partial charge on any atom is -0.507 e. The summed E-state index contributed by atoms with van der Waals surface area (Å²) in [5.41, 5.74) is 2.32. The topological polar surface area (TPSA) is 20.2 Å². The van der Waals surface area contributed by atoms with Crippen molar-refractivity contribution in [3.05, 3.63) is 48.0 Å². The molecule has 0 saturated carbocycles. The number of allylic oxidation sites excluding steroid dienone is 2. The van der Waals surface area contributed by atoms with Crippen LogP contribution in [0.5, 0.6) is 5.75 Å². The van der Waals surface area contributed by atoms with E-state index >= 15 is 0 Å². The number of rotatable bonds is 1. The molecule has 0 fully saturated rings. The summed E-state index contributed by atoms with van der Waals surface area (Å²) in [5, 5.41) is 12.4. The lowest BCUT2D eigenvalue weighted by molar-refractivity contribution is 0.479. The van der Waals surface area contributed by atoms with Gasteiger partial charge in [0.25, 0.3) is 0 Å². The molecule has 1 aliphatic carbocycles. The number of benzene rings is 2. The maximum Gasteiger partial charge on any atom is 0.130 e. The van der Waals surface area contributed by atoms with E-state index in [1.165, 1.54) is 18.4 Å². The molecule has 1 N–H and O–H groups in total. The average Bonchev–Trinajstić information content (AvgIpc) is 2.40. The largest absolute Gasteiger partial charge is 0.507 e. The van der Waals surface area contributed by atoms with Gasteiger partial charge in [-0.3, -0.25) is 0 Å². The summed E-state index contributed by atoms with van der Waals surface area (Å²) in [4.78, 5) is 0. The molecule has 0 aliphatic heterocycles. The highest BCUT2D eigenvalue weighted by molar-refractivity contribution is 5.93. The first-order valence-electron chi connectivity index (χ1n) is 6.26. The van der Waals surface area contributed by atoms with E-state index in [0.717, 1.165) is 29.2 Å². The Morgan fingerprint density at radius 3 is 2.65 bits per heavy atom. The second-order valence-corrected chi connectivity index (χ2v) is 4.66. The lowest BCUT2D eigenvalue weighted by Crippen LogP contribution is -1.92. The Labute approximate surface area is 101 Å². The van der Waals surface area contributed by atoms with Gasteiger partial charge in [0.1, 0.15) is 5.75 Å². The van der Waals surface area contributed by atoms with Gasteiger partial charge < -0.3 is 5.11 Å². The lowest BCUT2D eigenvalue weighted by Gasteiger charge is -2.15. The third-order valence-electron chi connectivity index (χ3n) is 3.54. The maximum absolute atomic E-state index is 10.4. The summed E-state index contributed by atoms with van der Waals surface area (Å²) in [6.07, 6.45) is 7.01. The molecular formula is C16H16O. The molecule has 1 aliphatic rings. The van der Waals surface area contributed by atoms with Crippen molar-refractivity contribution in [1.82, 2.24) is 0 Å². The zero-order valence-corrected chi connectivity index (χ0v) is 9.82. The van der Waals surface area contributed by atoms with Crippen LogP contribution in [0.25, 0.3) is 16.3 Å². The van der Waals surface area contributed by atoms with Crippen LogP contribution in [0.15, 0.2) is 42.5 Å². The molecule has 3 rings (SSSR count). The minimum absolute atomic E-state index is 0.441. The van der Waals surface area contributed by atoms with E-state index < -0.39 is 0 Å². The summed E-state index contributed by atoms with van der Waals surface area (Å²) >= 11 is 0. The van der Waals surface area contributed by atoms with Crippen molar-refractivity contribution in [2.75, 3.05) is 0 Å². The highest BCUT2D eigenvalue weighted by atomic mass is 16.3. The first kappa shape index (κ1) is 10.4. The smallest absolute Gasteiger partial charge is 0.130 e. The number of phenols is 1. The molecule has 0 unspecified atom stereocenters. The van der Waals surface area contributed by atoms with Gasteiger partial charge in [0, 0.05) is 10.9 Å². The summed E-state index contributed by atoms with van der Waals surface area (Å²) in [6.45, 7) is 0. The first-order chi connectivity index (χ1) is 8.36. The Kier molecular flexibility index (Phi) is 2.60. The van der Waals surface area contributed by atoms with Crippen molar-refractivity contribution >= 4 is 16.3 Å². The fourth-order valence-corrected chi connectivity index (χ4v) is 2.60. The van der Waals surface area contributed by atoms with Gasteiger partial charge in [0.05, 0.1) is 0 Å². The molecule has 0 spiro atoms. The van der Waals surface area contributed by atoms with Crippen molar-refractivity contribution in [3.8, 4) is 5.75 Å². The van der Waals surface area contributed by atoms with E-state index in [2.05, 4.69) is 18.2 Å². The quantitative estimate of drug-likeness (QED) is 0.756. The van der Waals surface area contributed by atoms with Gasteiger partial charge in [-0.05, 0) is 36.6 Å². The van der Waals surface area contributed by atoms with E-state index in [9.17, 15) is 5.11 Å². The molecule has 2 aromatic rings. The SMILES string of the molecule is Oc1c(C2=CCCCC2)ccc2ccccc12. The van der Waals surface area contributed by atoms with E-state index in [0.29, 0.717) is 5.75 Å². The van der Waals surface area contributed by atoms with Gasteiger partial charge in [0.2, 0.25) is 0 Å². The molecule has 1 heteroatoms. The third kappa shape index (κ3) is 1.82. The van der Waals surface area contributed by atoms with Crippen LogP contribution in [0.2, 0.25) is 0 Å². The number of hydrogen-bond acceptors (Lipinski definition) is 1. The van der Waals surface area contributed by atoms with E-state index in [-0.39, 0.29) is 0 Å². The molecule has 0 radical (unpaired) electrons. The Balaban J connectivity index is 2.17. The third-order valence-corrected chi connectivity index (χ3v) is 3.54.